The highest BCUT2D eigenvalue weighted by atomic mass is 16.2. The standard InChI is InChI=1S/C28H32N6O2/c1-16(2)27(35)32-20-10-11-21(17(3)14-20)24-22(23-25(29)30-15-31-26(23)33-24)18-6-8-19(9-7-18)28(36)34-12-4-5-13-34/h6,10-11,14-15,19H,1,4-5,7-9,12-13H2,2-3H3,(H,32,35)(H3,29,30,31,33)/t19-/m1/s1. The topological polar surface area (TPSA) is 117 Å². The highest BCUT2D eigenvalue weighted by Crippen LogP contribution is 2.42. The van der Waals surface area contributed by atoms with Crippen LogP contribution in [0.1, 0.15) is 50.2 Å². The van der Waals surface area contributed by atoms with E-state index in [4.69, 9.17) is 5.73 Å². The third-order valence-corrected chi connectivity index (χ3v) is 7.26. The number of hydrogen-bond donors (Lipinski definition) is 3. The lowest BCUT2D eigenvalue weighted by Crippen LogP contribution is -2.34. The van der Waals surface area contributed by atoms with Gasteiger partial charge in [-0.25, -0.2) is 9.97 Å². The fraction of sp³-hybridized carbons (Fsp3) is 0.357. The lowest BCUT2D eigenvalue weighted by molar-refractivity contribution is -0.134. The van der Waals surface area contributed by atoms with Gasteiger partial charge in [0.15, 0.2) is 0 Å². The van der Waals surface area contributed by atoms with E-state index < -0.39 is 0 Å². The molecule has 36 heavy (non-hydrogen) atoms. The number of nitrogens with zero attached hydrogens (tertiary/aromatic N) is 3. The summed E-state index contributed by atoms with van der Waals surface area (Å²) in [6.45, 7) is 9.16. The number of likely N-dealkylation sites (tertiary alicyclic amines) is 1. The molecule has 186 valence electrons. The second kappa shape index (κ2) is 9.60. The Labute approximate surface area is 210 Å². The minimum absolute atomic E-state index is 0.0343. The molecular weight excluding hydrogens is 452 g/mol. The predicted octanol–water partition coefficient (Wildman–Crippen LogP) is 4.84. The quantitative estimate of drug-likeness (QED) is 0.448. The summed E-state index contributed by atoms with van der Waals surface area (Å²) in [5.74, 6) is 0.540. The van der Waals surface area contributed by atoms with Crippen molar-refractivity contribution in [2.75, 3.05) is 24.1 Å². The van der Waals surface area contributed by atoms with Gasteiger partial charge in [0.2, 0.25) is 5.91 Å². The number of nitrogen functional groups attached to an aromatic ring is 1. The molecule has 2 amide bonds. The van der Waals surface area contributed by atoms with Crippen LogP contribution >= 0.6 is 0 Å². The number of amides is 2. The number of carbonyl (C=O) groups excluding carboxylic acids is 2. The Morgan fingerprint density at radius 3 is 2.67 bits per heavy atom. The van der Waals surface area contributed by atoms with Crippen molar-refractivity contribution in [2.24, 2.45) is 5.92 Å². The molecule has 3 aromatic rings. The van der Waals surface area contributed by atoms with Crippen LogP contribution in [-0.2, 0) is 9.59 Å². The highest BCUT2D eigenvalue weighted by molar-refractivity contribution is 6.05. The highest BCUT2D eigenvalue weighted by Gasteiger charge is 2.30. The number of allylic oxidation sites excluding steroid dienone is 2. The van der Waals surface area contributed by atoms with Crippen LogP contribution in [-0.4, -0.2) is 44.8 Å². The van der Waals surface area contributed by atoms with Gasteiger partial charge in [0.25, 0.3) is 5.91 Å². The number of nitrogens with one attached hydrogen (secondary N) is 2. The van der Waals surface area contributed by atoms with Crippen LogP contribution in [0.15, 0.2) is 42.8 Å². The first kappa shape index (κ1) is 23.8. The van der Waals surface area contributed by atoms with Crippen LogP contribution in [0.5, 0.6) is 0 Å². The Kier molecular flexibility index (Phi) is 6.35. The van der Waals surface area contributed by atoms with Gasteiger partial charge in [0.05, 0.1) is 11.1 Å². The van der Waals surface area contributed by atoms with Gasteiger partial charge in [0.1, 0.15) is 17.8 Å². The summed E-state index contributed by atoms with van der Waals surface area (Å²) < 4.78 is 0. The number of aromatic nitrogens is 3. The Bertz CT molecular complexity index is 1400. The van der Waals surface area contributed by atoms with E-state index in [1.807, 2.05) is 30.0 Å². The zero-order chi connectivity index (χ0) is 25.4. The zero-order valence-corrected chi connectivity index (χ0v) is 20.9. The van der Waals surface area contributed by atoms with Crippen LogP contribution in [0.2, 0.25) is 0 Å². The zero-order valence-electron chi connectivity index (χ0n) is 20.9. The Balaban J connectivity index is 1.52. The molecule has 8 heteroatoms. The van der Waals surface area contributed by atoms with E-state index in [2.05, 4.69) is 32.9 Å². The van der Waals surface area contributed by atoms with Gasteiger partial charge in [-0.2, -0.15) is 0 Å². The fourth-order valence-electron chi connectivity index (χ4n) is 5.31. The maximum atomic E-state index is 13.0. The van der Waals surface area contributed by atoms with E-state index in [9.17, 15) is 9.59 Å². The molecular formula is C28H32N6O2. The third-order valence-electron chi connectivity index (χ3n) is 7.26. The molecule has 2 aliphatic rings. The molecule has 2 aromatic heterocycles. The average Bonchev–Trinajstić information content (AvgIpc) is 3.53. The van der Waals surface area contributed by atoms with E-state index in [-0.39, 0.29) is 17.7 Å². The van der Waals surface area contributed by atoms with Crippen molar-refractivity contribution in [1.29, 1.82) is 0 Å². The number of rotatable bonds is 5. The van der Waals surface area contributed by atoms with E-state index >= 15 is 0 Å². The van der Waals surface area contributed by atoms with Gasteiger partial charge >= 0.3 is 0 Å². The molecule has 1 fully saturated rings. The summed E-state index contributed by atoms with van der Waals surface area (Å²) in [6.07, 6.45) is 8.17. The Hall–Kier alpha value is -3.94. The van der Waals surface area contributed by atoms with Gasteiger partial charge < -0.3 is 20.9 Å². The number of hydrogen-bond acceptors (Lipinski definition) is 5. The van der Waals surface area contributed by atoms with Crippen LogP contribution in [0.4, 0.5) is 11.5 Å². The molecule has 1 atom stereocenters. The second-order valence-electron chi connectivity index (χ2n) is 9.85. The summed E-state index contributed by atoms with van der Waals surface area (Å²) in [4.78, 5) is 39.2. The summed E-state index contributed by atoms with van der Waals surface area (Å²) >= 11 is 0. The molecule has 0 saturated carbocycles. The molecule has 0 radical (unpaired) electrons. The number of H-pyrrole nitrogens is 1. The maximum Gasteiger partial charge on any atom is 0.250 e. The van der Waals surface area contributed by atoms with E-state index in [1.54, 1.807) is 6.92 Å². The van der Waals surface area contributed by atoms with Crippen molar-refractivity contribution < 1.29 is 9.59 Å². The minimum atomic E-state index is -0.207. The lowest BCUT2D eigenvalue weighted by Gasteiger charge is -2.26. The normalized spacial score (nSPS) is 17.8. The number of carbonyl (C=O) groups is 2. The summed E-state index contributed by atoms with van der Waals surface area (Å²) in [5, 5.41) is 3.68. The lowest BCUT2D eigenvalue weighted by atomic mass is 9.84. The molecule has 0 bridgehead atoms. The summed E-state index contributed by atoms with van der Waals surface area (Å²) in [6, 6.07) is 5.82. The van der Waals surface area contributed by atoms with Crippen molar-refractivity contribution in [1.82, 2.24) is 19.9 Å². The van der Waals surface area contributed by atoms with Crippen molar-refractivity contribution >= 4 is 39.9 Å². The van der Waals surface area contributed by atoms with Gasteiger partial charge in [0, 0.05) is 41.4 Å². The van der Waals surface area contributed by atoms with Gasteiger partial charge in [-0.1, -0.05) is 18.7 Å². The maximum absolute atomic E-state index is 13.0. The molecule has 1 aliphatic heterocycles. The Morgan fingerprint density at radius 2 is 2.00 bits per heavy atom. The van der Waals surface area contributed by atoms with Crippen LogP contribution in [0, 0.1) is 12.8 Å². The Morgan fingerprint density at radius 1 is 1.22 bits per heavy atom. The van der Waals surface area contributed by atoms with Crippen LogP contribution in [0.25, 0.3) is 27.9 Å². The number of aromatic amines is 1. The number of nitrogens with two attached hydrogens (primary N) is 1. The molecule has 4 N–H and O–H groups in total. The second-order valence-corrected chi connectivity index (χ2v) is 9.85. The van der Waals surface area contributed by atoms with Crippen molar-refractivity contribution in [2.45, 2.75) is 46.0 Å². The van der Waals surface area contributed by atoms with Gasteiger partial charge in [-0.3, -0.25) is 9.59 Å². The molecule has 1 aliphatic carbocycles. The first-order valence-corrected chi connectivity index (χ1v) is 12.5. The predicted molar refractivity (Wildman–Crippen MR) is 143 cm³/mol. The van der Waals surface area contributed by atoms with Crippen molar-refractivity contribution in [3.8, 4) is 11.3 Å². The van der Waals surface area contributed by atoms with E-state index in [0.717, 1.165) is 78.5 Å². The number of anilines is 2. The molecule has 1 aromatic carbocycles. The first-order chi connectivity index (χ1) is 17.3. The molecule has 8 nitrogen and oxygen atoms in total. The van der Waals surface area contributed by atoms with Gasteiger partial charge in [-0.05, 0) is 69.2 Å². The van der Waals surface area contributed by atoms with Crippen molar-refractivity contribution in [3.05, 3.63) is 53.9 Å². The summed E-state index contributed by atoms with van der Waals surface area (Å²) in [5.41, 5.74) is 13.2. The molecule has 0 spiro atoms. The first-order valence-electron chi connectivity index (χ1n) is 12.5. The SMILES string of the molecule is C=C(C)C(=O)Nc1ccc(-c2[nH]c3ncnc(N)c3c2C2=CC[C@@H](C(=O)N3CCCC3)CC2)c(C)c1. The van der Waals surface area contributed by atoms with Crippen LogP contribution < -0.4 is 11.1 Å². The van der Waals surface area contributed by atoms with E-state index in [1.165, 1.54) is 6.33 Å². The molecule has 0 unspecified atom stereocenters. The molecule has 1 saturated heterocycles. The molecule has 5 rings (SSSR count). The summed E-state index contributed by atoms with van der Waals surface area (Å²) in [7, 11) is 0. The molecule has 3 heterocycles. The van der Waals surface area contributed by atoms with Crippen LogP contribution in [0.3, 0.4) is 0 Å². The minimum Gasteiger partial charge on any atom is -0.383 e. The smallest absolute Gasteiger partial charge is 0.250 e. The largest absolute Gasteiger partial charge is 0.383 e. The van der Waals surface area contributed by atoms with E-state index in [0.29, 0.717) is 22.7 Å². The third kappa shape index (κ3) is 4.39. The monoisotopic (exact) mass is 484 g/mol. The fourth-order valence-corrected chi connectivity index (χ4v) is 5.31. The van der Waals surface area contributed by atoms with Gasteiger partial charge in [-0.15, -0.1) is 0 Å². The number of benzene rings is 1. The number of fused-ring (bicyclic) bond motifs is 1. The number of aryl methyl sites for hydroxylation is 1. The van der Waals surface area contributed by atoms with Crippen molar-refractivity contribution in [3.63, 3.8) is 0 Å². The average molecular weight is 485 g/mol.